The van der Waals surface area contributed by atoms with Crippen LogP contribution in [0.15, 0.2) is 0 Å². The Labute approximate surface area is 69.3 Å². The maximum absolute atomic E-state index is 5.76. The molecule has 68 valence electrons. The molecular weight excluding hydrogens is 138 g/mol. The molecule has 1 unspecified atom stereocenters. The highest BCUT2D eigenvalue weighted by Gasteiger charge is 2.16. The first-order valence-corrected chi connectivity index (χ1v) is 4.29. The molecule has 0 rings (SSSR count). The summed E-state index contributed by atoms with van der Waals surface area (Å²) in [5.74, 6) is 0.535. The number of hydrogen-bond acceptors (Lipinski definition) is 3. The van der Waals surface area contributed by atoms with Crippen LogP contribution in [0.2, 0.25) is 0 Å². The van der Waals surface area contributed by atoms with Crippen molar-refractivity contribution >= 4 is 0 Å². The number of nitrogens with two attached hydrogens (primary N) is 3. The lowest BCUT2D eigenvalue weighted by Gasteiger charge is -2.23. The fourth-order valence-electron chi connectivity index (χ4n) is 0.810. The van der Waals surface area contributed by atoms with Crippen molar-refractivity contribution in [1.29, 1.82) is 0 Å². The average Bonchev–Trinajstić information content (AvgIpc) is 2.00. The summed E-state index contributed by atoms with van der Waals surface area (Å²) in [4.78, 5) is 0. The van der Waals surface area contributed by atoms with E-state index in [1.807, 2.05) is 6.92 Å². The van der Waals surface area contributed by atoms with Gasteiger partial charge in [0.2, 0.25) is 0 Å². The minimum absolute atomic E-state index is 0.483. The van der Waals surface area contributed by atoms with Crippen LogP contribution < -0.4 is 17.2 Å². The molecule has 0 aromatic carbocycles. The van der Waals surface area contributed by atoms with E-state index < -0.39 is 5.66 Å². The van der Waals surface area contributed by atoms with Gasteiger partial charge in [-0.25, -0.2) is 0 Å². The van der Waals surface area contributed by atoms with Crippen molar-refractivity contribution in [3.05, 3.63) is 0 Å². The van der Waals surface area contributed by atoms with Crippen molar-refractivity contribution in [2.24, 2.45) is 23.1 Å². The summed E-state index contributed by atoms with van der Waals surface area (Å²) in [6.45, 7) is 4.85. The molecule has 0 aliphatic rings. The lowest BCUT2D eigenvalue weighted by atomic mass is 9.96. The SMILES string of the molecule is CCC(N)(N)CCC(C)CN. The van der Waals surface area contributed by atoms with Gasteiger partial charge < -0.3 is 17.2 Å². The van der Waals surface area contributed by atoms with Crippen LogP contribution in [0.1, 0.15) is 33.1 Å². The van der Waals surface area contributed by atoms with Gasteiger partial charge in [-0.05, 0) is 31.7 Å². The summed E-state index contributed by atoms with van der Waals surface area (Å²) in [5, 5.41) is 0. The minimum Gasteiger partial charge on any atom is -0.330 e. The zero-order chi connectivity index (χ0) is 8.91. The molecule has 0 heterocycles. The second-order valence-electron chi connectivity index (χ2n) is 3.47. The maximum Gasteiger partial charge on any atom is 0.0634 e. The zero-order valence-corrected chi connectivity index (χ0v) is 7.64. The maximum atomic E-state index is 5.76. The van der Waals surface area contributed by atoms with Crippen molar-refractivity contribution in [3.8, 4) is 0 Å². The third-order valence-electron chi connectivity index (χ3n) is 2.16. The minimum atomic E-state index is -0.483. The third kappa shape index (κ3) is 5.18. The molecule has 3 heteroatoms. The van der Waals surface area contributed by atoms with Crippen LogP contribution in [-0.4, -0.2) is 12.2 Å². The van der Waals surface area contributed by atoms with Crippen molar-refractivity contribution < 1.29 is 0 Å². The van der Waals surface area contributed by atoms with Crippen LogP contribution in [0.3, 0.4) is 0 Å². The Hall–Kier alpha value is -0.120. The largest absolute Gasteiger partial charge is 0.330 e. The zero-order valence-electron chi connectivity index (χ0n) is 7.64. The molecule has 0 bridgehead atoms. The van der Waals surface area contributed by atoms with Gasteiger partial charge in [0.15, 0.2) is 0 Å². The van der Waals surface area contributed by atoms with E-state index in [4.69, 9.17) is 17.2 Å². The standard InChI is InChI=1S/C8H21N3/c1-3-8(10,11)5-4-7(2)6-9/h7H,3-6,9-11H2,1-2H3. The molecule has 0 aliphatic carbocycles. The van der Waals surface area contributed by atoms with E-state index in [0.29, 0.717) is 5.92 Å². The van der Waals surface area contributed by atoms with E-state index in [2.05, 4.69) is 6.92 Å². The van der Waals surface area contributed by atoms with Crippen LogP contribution in [0, 0.1) is 5.92 Å². The topological polar surface area (TPSA) is 78.1 Å². The second-order valence-corrected chi connectivity index (χ2v) is 3.47. The molecule has 0 spiro atoms. The Morgan fingerprint density at radius 1 is 1.36 bits per heavy atom. The normalized spacial score (nSPS) is 15.0. The Kier molecular flexibility index (Phi) is 4.65. The molecule has 3 nitrogen and oxygen atoms in total. The van der Waals surface area contributed by atoms with Gasteiger partial charge in [0, 0.05) is 0 Å². The smallest absolute Gasteiger partial charge is 0.0634 e. The second kappa shape index (κ2) is 4.70. The van der Waals surface area contributed by atoms with E-state index >= 15 is 0 Å². The molecule has 11 heavy (non-hydrogen) atoms. The molecule has 0 aromatic heterocycles. The molecule has 0 saturated heterocycles. The van der Waals surface area contributed by atoms with Gasteiger partial charge >= 0.3 is 0 Å². The van der Waals surface area contributed by atoms with Crippen LogP contribution >= 0.6 is 0 Å². The fraction of sp³-hybridized carbons (Fsp3) is 1.00. The monoisotopic (exact) mass is 159 g/mol. The van der Waals surface area contributed by atoms with E-state index in [1.54, 1.807) is 0 Å². The summed E-state index contributed by atoms with van der Waals surface area (Å²) in [7, 11) is 0. The van der Waals surface area contributed by atoms with E-state index in [0.717, 1.165) is 25.8 Å². The molecule has 6 N–H and O–H groups in total. The van der Waals surface area contributed by atoms with Crippen molar-refractivity contribution in [2.75, 3.05) is 6.54 Å². The average molecular weight is 159 g/mol. The first kappa shape index (κ1) is 10.9. The third-order valence-corrected chi connectivity index (χ3v) is 2.16. The first-order valence-electron chi connectivity index (χ1n) is 4.29. The van der Waals surface area contributed by atoms with Crippen LogP contribution in [0.25, 0.3) is 0 Å². The van der Waals surface area contributed by atoms with Gasteiger partial charge in [0.25, 0.3) is 0 Å². The molecule has 1 atom stereocenters. The Morgan fingerprint density at radius 2 is 1.91 bits per heavy atom. The molecule has 0 amide bonds. The first-order chi connectivity index (χ1) is 5.02. The van der Waals surface area contributed by atoms with Gasteiger partial charge in [-0.15, -0.1) is 0 Å². The van der Waals surface area contributed by atoms with Crippen molar-refractivity contribution in [2.45, 2.75) is 38.8 Å². The highest BCUT2D eigenvalue weighted by molar-refractivity contribution is 4.75. The molecular formula is C8H21N3. The highest BCUT2D eigenvalue weighted by atomic mass is 14.9. The van der Waals surface area contributed by atoms with Crippen molar-refractivity contribution in [3.63, 3.8) is 0 Å². The molecule has 0 saturated carbocycles. The quantitative estimate of drug-likeness (QED) is 0.508. The molecule has 0 radical (unpaired) electrons. The fourth-order valence-corrected chi connectivity index (χ4v) is 0.810. The molecule has 0 aromatic rings. The molecule has 0 fully saturated rings. The summed E-state index contributed by atoms with van der Waals surface area (Å²) in [6.07, 6.45) is 2.71. The van der Waals surface area contributed by atoms with Crippen molar-refractivity contribution in [1.82, 2.24) is 0 Å². The van der Waals surface area contributed by atoms with Crippen LogP contribution in [0.5, 0.6) is 0 Å². The van der Waals surface area contributed by atoms with Gasteiger partial charge in [-0.2, -0.15) is 0 Å². The highest BCUT2D eigenvalue weighted by Crippen LogP contribution is 2.11. The van der Waals surface area contributed by atoms with E-state index in [-0.39, 0.29) is 0 Å². The van der Waals surface area contributed by atoms with E-state index in [9.17, 15) is 0 Å². The summed E-state index contributed by atoms with van der Waals surface area (Å²) >= 11 is 0. The Morgan fingerprint density at radius 3 is 2.27 bits per heavy atom. The molecule has 0 aliphatic heterocycles. The lowest BCUT2D eigenvalue weighted by Crippen LogP contribution is -2.48. The summed E-state index contributed by atoms with van der Waals surface area (Å²) in [6, 6.07) is 0. The number of rotatable bonds is 5. The summed E-state index contributed by atoms with van der Waals surface area (Å²) < 4.78 is 0. The van der Waals surface area contributed by atoms with Crippen LogP contribution in [-0.2, 0) is 0 Å². The predicted molar refractivity (Wildman–Crippen MR) is 48.8 cm³/mol. The van der Waals surface area contributed by atoms with Gasteiger partial charge in [-0.1, -0.05) is 13.8 Å². The van der Waals surface area contributed by atoms with Gasteiger partial charge in [0.1, 0.15) is 0 Å². The summed E-state index contributed by atoms with van der Waals surface area (Å²) in [5.41, 5.74) is 16.5. The number of hydrogen-bond donors (Lipinski definition) is 3. The Bertz CT molecular complexity index is 102. The van der Waals surface area contributed by atoms with E-state index in [1.165, 1.54) is 0 Å². The van der Waals surface area contributed by atoms with Gasteiger partial charge in [0.05, 0.1) is 5.66 Å². The predicted octanol–water partition coefficient (Wildman–Crippen LogP) is 0.385. The van der Waals surface area contributed by atoms with Crippen LogP contribution in [0.4, 0.5) is 0 Å². The lowest BCUT2D eigenvalue weighted by molar-refractivity contribution is 0.351. The Balaban J connectivity index is 3.52. The van der Waals surface area contributed by atoms with Gasteiger partial charge in [-0.3, -0.25) is 0 Å².